The van der Waals surface area contributed by atoms with E-state index < -0.39 is 43.4 Å². The van der Waals surface area contributed by atoms with Crippen LogP contribution in [0.2, 0.25) is 0 Å². The Bertz CT molecular complexity index is 6190. The minimum absolute atomic E-state index is 0.283. The summed E-state index contributed by atoms with van der Waals surface area (Å²) in [4.78, 5) is 10.6. The van der Waals surface area contributed by atoms with Gasteiger partial charge in [-0.3, -0.25) is 0 Å². The van der Waals surface area contributed by atoms with Gasteiger partial charge in [0.1, 0.15) is 23.3 Å². The zero-order valence-corrected chi connectivity index (χ0v) is 54.9. The molecule has 7 aliphatic rings. The number of nitrogens with zero attached hydrogens (tertiary/aromatic N) is 5. The summed E-state index contributed by atoms with van der Waals surface area (Å²) in [6, 6.07) is 104. The quantitative estimate of drug-likeness (QED) is 0.111. The number of anilines is 15. The second kappa shape index (κ2) is 21.8. The fraction of sp³-hybridized carbons (Fsp3) is 0. The van der Waals surface area contributed by atoms with Crippen LogP contribution in [0.15, 0.2) is 315 Å². The van der Waals surface area contributed by atoms with Crippen LogP contribution in [0.25, 0.3) is 44.5 Å². The van der Waals surface area contributed by atoms with Crippen molar-refractivity contribution < 1.29 is 22.3 Å². The SMILES string of the molecule is Fc1ccccc1N1c2ccc(-c3ccccc3)cc2B2c3cc4c(cc3N(c3ccccc3F)c3cccc1c32)N(c1ccccc1F)c1cc2c3c5c1B4c1cc(-c4ccccc4)cc4c1N5c1c(cc(-c5ccccc5)cc1B3c1cc(-c3ccccc3)ccc1N2c1ccccc1F)O4. The lowest BCUT2D eigenvalue weighted by Gasteiger charge is -2.53. The zero-order chi connectivity index (χ0) is 68.0. The highest BCUT2D eigenvalue weighted by molar-refractivity contribution is 7.06. The number of halogens is 4. The van der Waals surface area contributed by atoms with Gasteiger partial charge in [0.05, 0.1) is 34.1 Å². The molecule has 13 heteroatoms. The van der Waals surface area contributed by atoms with Gasteiger partial charge in [-0.05, 0) is 191 Å². The third-order valence-corrected chi connectivity index (χ3v) is 22.2. The predicted octanol–water partition coefficient (Wildman–Crippen LogP) is 17.8. The number of ether oxygens (including phenoxy) is 1. The third-order valence-electron chi connectivity index (χ3n) is 22.2. The van der Waals surface area contributed by atoms with E-state index in [1.165, 1.54) is 24.3 Å². The van der Waals surface area contributed by atoms with Crippen LogP contribution < -0.4 is 78.4 Å². The molecule has 0 unspecified atom stereocenters. The predicted molar refractivity (Wildman–Crippen MR) is 415 cm³/mol. The van der Waals surface area contributed by atoms with E-state index in [1.54, 1.807) is 30.3 Å². The minimum Gasteiger partial charge on any atom is -0.453 e. The molecule has 0 aromatic heterocycles. The first-order chi connectivity index (χ1) is 50.8. The molecular formula is C90H52B3F4N5O. The Labute approximate surface area is 592 Å². The highest BCUT2D eigenvalue weighted by atomic mass is 19.1. The highest BCUT2D eigenvalue weighted by Crippen LogP contribution is 2.58. The standard InChI is InChI=1S/C90H52B3F4N5O/c94-67-30-13-17-34-73(67)98-71-42-40-57(53-22-5-1-6-23-53)44-61(71)91-63-50-64-80(51-79(63)100(75-36-19-15-32-69(75)96)78-39-21-38-77(98)85(78)91)101(76-37-20-16-33-70(76)97)82-52-81-86-90-87(82)93(64)66-47-60(56-28-11-4-12-29-56)49-84-89(66)102(90)88-65(46-59(48-83(88)103-84)55-26-9-3-10-27-55)92(86)62-45-58(54-24-7-2-8-25-54)41-43-72(62)99(81)74-35-18-14-31-68(74)95/h1-52H. The summed E-state index contributed by atoms with van der Waals surface area (Å²) in [6.45, 7) is -1.64. The van der Waals surface area contributed by atoms with Crippen LogP contribution in [-0.4, -0.2) is 20.1 Å². The maximum Gasteiger partial charge on any atom is 0.252 e. The monoisotopic (exact) mass is 1330 g/mol. The zero-order valence-electron chi connectivity index (χ0n) is 54.9. The van der Waals surface area contributed by atoms with E-state index in [1.807, 2.05) is 107 Å². The summed E-state index contributed by atoms with van der Waals surface area (Å²) in [5, 5.41) is 0. The molecule has 15 aromatic carbocycles. The van der Waals surface area contributed by atoms with E-state index in [9.17, 15) is 0 Å². The number of hydrogen-bond acceptors (Lipinski definition) is 6. The first kappa shape index (κ1) is 57.9. The maximum atomic E-state index is 18.3. The third kappa shape index (κ3) is 8.18. The average Bonchev–Trinajstić information content (AvgIpc) is 0.657. The first-order valence-electron chi connectivity index (χ1n) is 34.8. The topological polar surface area (TPSA) is 25.4 Å². The summed E-state index contributed by atoms with van der Waals surface area (Å²) in [5.41, 5.74) is 26.0. The Hall–Kier alpha value is -13.0. The second-order valence-electron chi connectivity index (χ2n) is 27.5. The largest absolute Gasteiger partial charge is 0.453 e. The van der Waals surface area contributed by atoms with Crippen LogP contribution in [0.5, 0.6) is 11.5 Å². The van der Waals surface area contributed by atoms with Gasteiger partial charge in [-0.2, -0.15) is 0 Å². The molecule has 0 amide bonds. The van der Waals surface area contributed by atoms with Gasteiger partial charge in [-0.25, -0.2) is 17.6 Å². The van der Waals surface area contributed by atoms with Crippen molar-refractivity contribution in [3.8, 4) is 56.0 Å². The van der Waals surface area contributed by atoms with Crippen molar-refractivity contribution in [3.63, 3.8) is 0 Å². The van der Waals surface area contributed by atoms with Crippen LogP contribution in [0.1, 0.15) is 0 Å². The summed E-state index contributed by atoms with van der Waals surface area (Å²) in [7, 11) is 0. The minimum atomic E-state index is -0.616. The van der Waals surface area contributed by atoms with Gasteiger partial charge < -0.3 is 29.2 Å². The van der Waals surface area contributed by atoms with E-state index in [0.29, 0.717) is 51.3 Å². The Morgan fingerprint density at radius 1 is 0.194 bits per heavy atom. The molecule has 7 aliphatic heterocycles. The van der Waals surface area contributed by atoms with Crippen molar-refractivity contribution in [2.75, 3.05) is 24.5 Å². The van der Waals surface area contributed by atoms with Crippen LogP contribution in [0, 0.1) is 23.3 Å². The maximum absolute atomic E-state index is 18.3. The lowest BCUT2D eigenvalue weighted by molar-refractivity contribution is 0.478. The molecule has 0 fully saturated rings. The Balaban J connectivity index is 0.905. The fourth-order valence-corrected chi connectivity index (χ4v) is 18.0. The van der Waals surface area contributed by atoms with Gasteiger partial charge in [0.15, 0.2) is 11.5 Å². The highest BCUT2D eigenvalue weighted by Gasteiger charge is 2.56. The van der Waals surface area contributed by atoms with Gasteiger partial charge in [0, 0.05) is 51.2 Å². The molecule has 0 radical (unpaired) electrons. The van der Waals surface area contributed by atoms with Gasteiger partial charge in [-0.15, -0.1) is 0 Å². The molecule has 7 heterocycles. The molecule has 15 aromatic rings. The Morgan fingerprint density at radius 2 is 0.505 bits per heavy atom. The first-order valence-corrected chi connectivity index (χ1v) is 34.8. The van der Waals surface area contributed by atoms with Crippen molar-refractivity contribution in [2.45, 2.75) is 0 Å². The lowest BCUT2D eigenvalue weighted by Crippen LogP contribution is -2.69. The number of rotatable bonds is 8. The molecule has 0 saturated heterocycles. The molecule has 0 N–H and O–H groups in total. The Kier molecular flexibility index (Phi) is 12.2. The van der Waals surface area contributed by atoms with Crippen molar-refractivity contribution in [1.82, 2.24) is 0 Å². The summed E-state index contributed by atoms with van der Waals surface area (Å²) in [5.74, 6) is -0.400. The molecule has 22 rings (SSSR count). The molecule has 480 valence electrons. The normalized spacial score (nSPS) is 13.7. The van der Waals surface area contributed by atoms with Crippen molar-refractivity contribution in [2.24, 2.45) is 0 Å². The fourth-order valence-electron chi connectivity index (χ4n) is 18.0. The molecule has 0 bridgehead atoms. The summed E-state index contributed by atoms with van der Waals surface area (Å²) >= 11 is 0. The van der Waals surface area contributed by atoms with Crippen molar-refractivity contribution in [1.29, 1.82) is 0 Å². The second-order valence-corrected chi connectivity index (χ2v) is 27.5. The smallest absolute Gasteiger partial charge is 0.252 e. The van der Waals surface area contributed by atoms with Crippen LogP contribution in [0.4, 0.5) is 103 Å². The van der Waals surface area contributed by atoms with Crippen LogP contribution in [-0.2, 0) is 0 Å². The molecular weight excluding hydrogens is 1280 g/mol. The van der Waals surface area contributed by atoms with E-state index >= 15 is 17.6 Å². The van der Waals surface area contributed by atoms with Crippen molar-refractivity contribution >= 4 is 155 Å². The molecule has 6 nitrogen and oxygen atoms in total. The molecule has 103 heavy (non-hydrogen) atoms. The number of benzene rings is 15. The van der Waals surface area contributed by atoms with Gasteiger partial charge in [0.25, 0.3) is 20.1 Å². The number of hydrogen-bond donors (Lipinski definition) is 0. The summed E-state index contributed by atoms with van der Waals surface area (Å²) < 4.78 is 78.3. The molecule has 0 saturated carbocycles. The lowest BCUT2D eigenvalue weighted by atomic mass is 9.27. The summed E-state index contributed by atoms with van der Waals surface area (Å²) in [6.07, 6.45) is 0. The Morgan fingerprint density at radius 3 is 0.913 bits per heavy atom. The number of para-hydroxylation sites is 4. The van der Waals surface area contributed by atoms with Gasteiger partial charge >= 0.3 is 0 Å². The van der Waals surface area contributed by atoms with E-state index in [-0.39, 0.29) is 5.69 Å². The molecule has 0 atom stereocenters. The van der Waals surface area contributed by atoms with E-state index in [2.05, 4.69) is 178 Å². The van der Waals surface area contributed by atoms with Crippen LogP contribution in [0.3, 0.4) is 0 Å². The number of fused-ring (bicyclic) bond motifs is 10. The average molecular weight is 1330 g/mol. The van der Waals surface area contributed by atoms with Crippen molar-refractivity contribution in [3.05, 3.63) is 339 Å². The molecule has 0 aliphatic carbocycles. The van der Waals surface area contributed by atoms with E-state index in [4.69, 9.17) is 4.74 Å². The van der Waals surface area contributed by atoms with Crippen LogP contribution >= 0.6 is 0 Å². The van der Waals surface area contributed by atoms with Gasteiger partial charge in [-0.1, -0.05) is 218 Å². The van der Waals surface area contributed by atoms with Gasteiger partial charge in [0.2, 0.25) is 0 Å². The van der Waals surface area contributed by atoms with E-state index in [0.717, 1.165) is 133 Å². The molecule has 0 spiro atoms.